The monoisotopic (exact) mass is 293 g/mol. The maximum atomic E-state index is 11.0. The van der Waals surface area contributed by atoms with E-state index in [0.717, 1.165) is 3.57 Å². The fraction of sp³-hybridized carbons (Fsp3) is 0.125. The predicted molar refractivity (Wildman–Crippen MR) is 55.0 cm³/mol. The van der Waals surface area contributed by atoms with Crippen molar-refractivity contribution in [2.24, 2.45) is 0 Å². The van der Waals surface area contributed by atoms with Crippen LogP contribution in [-0.2, 0) is 0 Å². The molecule has 1 rings (SSSR count). The molecule has 0 saturated carbocycles. The summed E-state index contributed by atoms with van der Waals surface area (Å²) in [7, 11) is 1.56. The number of ether oxygens (including phenoxy) is 1. The fourth-order valence-electron chi connectivity index (χ4n) is 0.872. The first-order valence-electron chi connectivity index (χ1n) is 3.47. The molecule has 0 unspecified atom stereocenters. The largest absolute Gasteiger partial charge is 0.496 e. The quantitative estimate of drug-likeness (QED) is 0.492. The Morgan fingerprint density at radius 3 is 2.77 bits per heavy atom. The van der Waals surface area contributed by atoms with E-state index in [4.69, 9.17) is 9.94 Å². The molecule has 0 aromatic heterocycles. The highest BCUT2D eigenvalue weighted by molar-refractivity contribution is 14.1. The van der Waals surface area contributed by atoms with E-state index in [9.17, 15) is 4.79 Å². The molecule has 0 aliphatic rings. The summed E-state index contributed by atoms with van der Waals surface area (Å²) in [6, 6.07) is 4.88. The molecular formula is C8H8INO3. The van der Waals surface area contributed by atoms with Crippen molar-refractivity contribution < 1.29 is 14.7 Å². The Balaban J connectivity index is 3.02. The van der Waals surface area contributed by atoms with Gasteiger partial charge in [-0.2, -0.15) is 0 Å². The van der Waals surface area contributed by atoms with E-state index >= 15 is 0 Å². The number of hydrogen-bond donors (Lipinski definition) is 2. The van der Waals surface area contributed by atoms with Gasteiger partial charge in [0.2, 0.25) is 0 Å². The molecule has 0 atom stereocenters. The van der Waals surface area contributed by atoms with Crippen LogP contribution in [0.4, 0.5) is 0 Å². The van der Waals surface area contributed by atoms with Gasteiger partial charge in [0.25, 0.3) is 5.91 Å². The van der Waals surface area contributed by atoms with Crippen molar-refractivity contribution in [3.63, 3.8) is 0 Å². The van der Waals surface area contributed by atoms with Crippen LogP contribution in [0.1, 0.15) is 10.4 Å². The number of carbonyl (C=O) groups is 1. The van der Waals surface area contributed by atoms with Gasteiger partial charge >= 0.3 is 0 Å². The standard InChI is InChI=1S/C8H8INO3/c1-13-7-3-2-5(4-6(7)9)8(11)10-12/h2-4,12H,1H3,(H,10,11). The molecule has 0 fully saturated rings. The zero-order chi connectivity index (χ0) is 9.84. The number of methoxy groups -OCH3 is 1. The smallest absolute Gasteiger partial charge is 0.274 e. The number of halogens is 1. The van der Waals surface area contributed by atoms with E-state index in [1.165, 1.54) is 0 Å². The zero-order valence-corrected chi connectivity index (χ0v) is 9.03. The van der Waals surface area contributed by atoms with Gasteiger partial charge in [0.1, 0.15) is 5.75 Å². The summed E-state index contributed by atoms with van der Waals surface area (Å²) in [5.74, 6) is 0.177. The van der Waals surface area contributed by atoms with Crippen molar-refractivity contribution in [2.75, 3.05) is 7.11 Å². The minimum atomic E-state index is -0.527. The Morgan fingerprint density at radius 1 is 1.62 bits per heavy atom. The Kier molecular flexibility index (Phi) is 3.49. The predicted octanol–water partition coefficient (Wildman–Crippen LogP) is 1.42. The Labute approximate surface area is 89.0 Å². The van der Waals surface area contributed by atoms with Gasteiger partial charge in [0.05, 0.1) is 10.7 Å². The lowest BCUT2D eigenvalue weighted by Crippen LogP contribution is -2.18. The summed E-state index contributed by atoms with van der Waals surface area (Å²) in [6.07, 6.45) is 0. The lowest BCUT2D eigenvalue weighted by Gasteiger charge is -2.04. The van der Waals surface area contributed by atoms with Crippen molar-refractivity contribution in [2.45, 2.75) is 0 Å². The van der Waals surface area contributed by atoms with Gasteiger partial charge in [-0.3, -0.25) is 10.0 Å². The summed E-state index contributed by atoms with van der Waals surface area (Å²) >= 11 is 2.05. The van der Waals surface area contributed by atoms with E-state index in [2.05, 4.69) is 0 Å². The van der Waals surface area contributed by atoms with Crippen LogP contribution >= 0.6 is 22.6 Å². The van der Waals surface area contributed by atoms with Crippen LogP contribution in [0.3, 0.4) is 0 Å². The van der Waals surface area contributed by atoms with Crippen LogP contribution < -0.4 is 10.2 Å². The molecule has 0 heterocycles. The minimum Gasteiger partial charge on any atom is -0.496 e. The van der Waals surface area contributed by atoms with E-state index in [1.807, 2.05) is 22.6 Å². The topological polar surface area (TPSA) is 58.6 Å². The van der Waals surface area contributed by atoms with Gasteiger partial charge in [-0.1, -0.05) is 0 Å². The number of rotatable bonds is 2. The van der Waals surface area contributed by atoms with Crippen molar-refractivity contribution in [3.8, 4) is 5.75 Å². The summed E-state index contributed by atoms with van der Waals surface area (Å²) in [5.41, 5.74) is 1.96. The molecule has 0 saturated heterocycles. The zero-order valence-electron chi connectivity index (χ0n) is 6.87. The normalized spacial score (nSPS) is 9.46. The molecule has 1 aromatic carbocycles. The average molecular weight is 293 g/mol. The van der Waals surface area contributed by atoms with Crippen LogP contribution in [0.25, 0.3) is 0 Å². The first-order chi connectivity index (χ1) is 6.19. The first kappa shape index (κ1) is 10.3. The Bertz CT molecular complexity index is 327. The van der Waals surface area contributed by atoms with E-state index in [1.54, 1.807) is 30.8 Å². The van der Waals surface area contributed by atoms with Gasteiger partial charge in [0.15, 0.2) is 0 Å². The molecule has 0 aliphatic heterocycles. The number of carbonyl (C=O) groups excluding carboxylic acids is 1. The van der Waals surface area contributed by atoms with E-state index < -0.39 is 5.91 Å². The molecule has 4 nitrogen and oxygen atoms in total. The van der Waals surface area contributed by atoms with Crippen LogP contribution in [0, 0.1) is 3.57 Å². The van der Waals surface area contributed by atoms with Crippen molar-refractivity contribution in [1.82, 2.24) is 5.48 Å². The van der Waals surface area contributed by atoms with Crippen molar-refractivity contribution in [3.05, 3.63) is 27.3 Å². The second kappa shape index (κ2) is 4.43. The number of amides is 1. The van der Waals surface area contributed by atoms with Gasteiger partial charge in [-0.15, -0.1) is 0 Å². The third-order valence-electron chi connectivity index (χ3n) is 1.52. The average Bonchev–Trinajstić information content (AvgIpc) is 2.16. The third kappa shape index (κ3) is 2.31. The molecule has 5 heteroatoms. The molecule has 2 N–H and O–H groups in total. The van der Waals surface area contributed by atoms with Crippen LogP contribution in [0.2, 0.25) is 0 Å². The van der Waals surface area contributed by atoms with Gasteiger partial charge in [-0.05, 0) is 40.8 Å². The van der Waals surface area contributed by atoms with Crippen molar-refractivity contribution in [1.29, 1.82) is 0 Å². The molecule has 0 aliphatic carbocycles. The molecule has 0 radical (unpaired) electrons. The lowest BCUT2D eigenvalue weighted by molar-refractivity contribution is 0.0706. The Morgan fingerprint density at radius 2 is 2.31 bits per heavy atom. The summed E-state index contributed by atoms with van der Waals surface area (Å²) in [6.45, 7) is 0. The first-order valence-corrected chi connectivity index (χ1v) is 4.55. The van der Waals surface area contributed by atoms with E-state index in [0.29, 0.717) is 11.3 Å². The molecule has 0 spiro atoms. The molecule has 70 valence electrons. The highest BCUT2D eigenvalue weighted by Gasteiger charge is 2.06. The number of hydroxylamine groups is 1. The van der Waals surface area contributed by atoms with Crippen LogP contribution in [0.5, 0.6) is 5.75 Å². The molecule has 13 heavy (non-hydrogen) atoms. The molecule has 0 bridgehead atoms. The SMILES string of the molecule is COc1ccc(C(=O)NO)cc1I. The molecular weight excluding hydrogens is 285 g/mol. The van der Waals surface area contributed by atoms with Gasteiger partial charge < -0.3 is 4.74 Å². The maximum absolute atomic E-state index is 11.0. The van der Waals surface area contributed by atoms with Crippen LogP contribution in [-0.4, -0.2) is 18.2 Å². The van der Waals surface area contributed by atoms with E-state index in [-0.39, 0.29) is 0 Å². The van der Waals surface area contributed by atoms with Crippen molar-refractivity contribution >= 4 is 28.5 Å². The second-order valence-corrected chi connectivity index (χ2v) is 3.45. The molecule has 1 amide bonds. The minimum absolute atomic E-state index is 0.396. The van der Waals surface area contributed by atoms with Gasteiger partial charge in [0, 0.05) is 5.56 Å². The van der Waals surface area contributed by atoms with Crippen LogP contribution in [0.15, 0.2) is 18.2 Å². The summed E-state index contributed by atoms with van der Waals surface area (Å²) < 4.78 is 5.83. The maximum Gasteiger partial charge on any atom is 0.274 e. The number of hydrogen-bond acceptors (Lipinski definition) is 3. The summed E-state index contributed by atoms with van der Waals surface area (Å²) in [5, 5.41) is 8.37. The molecule has 1 aromatic rings. The lowest BCUT2D eigenvalue weighted by atomic mass is 10.2. The highest BCUT2D eigenvalue weighted by atomic mass is 127. The Hall–Kier alpha value is -0.820. The number of benzene rings is 1. The van der Waals surface area contributed by atoms with Gasteiger partial charge in [-0.25, -0.2) is 5.48 Å². The third-order valence-corrected chi connectivity index (χ3v) is 2.36. The summed E-state index contributed by atoms with van der Waals surface area (Å²) in [4.78, 5) is 11.0. The number of nitrogens with one attached hydrogen (secondary N) is 1. The second-order valence-electron chi connectivity index (χ2n) is 2.29. The highest BCUT2D eigenvalue weighted by Crippen LogP contribution is 2.21. The fourth-order valence-corrected chi connectivity index (χ4v) is 1.61.